The number of likely N-dealkylation sites (tertiary alicyclic amines) is 1. The van der Waals surface area contributed by atoms with Gasteiger partial charge in [0.2, 0.25) is 10.0 Å². The van der Waals surface area contributed by atoms with E-state index in [1.165, 1.54) is 7.11 Å². The van der Waals surface area contributed by atoms with E-state index < -0.39 is 10.0 Å². The van der Waals surface area contributed by atoms with Crippen LogP contribution in [0.1, 0.15) is 37.7 Å². The zero-order valence-corrected chi connectivity index (χ0v) is 18.7. The first kappa shape index (κ1) is 22.6. The predicted octanol–water partition coefficient (Wildman–Crippen LogP) is 1.82. The maximum Gasteiger partial charge on any atom is 0.308 e. The van der Waals surface area contributed by atoms with Crippen LogP contribution in [0.3, 0.4) is 0 Å². The zero-order chi connectivity index (χ0) is 21.6. The Morgan fingerprint density at radius 2 is 1.73 bits per heavy atom. The Kier molecular flexibility index (Phi) is 7.71. The molecule has 30 heavy (non-hydrogen) atoms. The molecule has 0 radical (unpaired) electrons. The number of ether oxygens (including phenoxy) is 1. The molecule has 0 bridgehead atoms. The summed E-state index contributed by atoms with van der Waals surface area (Å²) in [5.41, 5.74) is 0.984. The quantitative estimate of drug-likeness (QED) is 0.430. The Bertz CT molecular complexity index is 840. The van der Waals surface area contributed by atoms with Crippen LogP contribution in [0.25, 0.3) is 0 Å². The molecule has 2 heterocycles. The molecule has 9 heteroatoms. The number of carbonyl (C=O) groups excluding carboxylic acids is 1. The molecule has 0 spiro atoms. The second kappa shape index (κ2) is 10.3. The minimum Gasteiger partial charge on any atom is -0.469 e. The second-order valence-electron chi connectivity index (χ2n) is 7.79. The fourth-order valence-corrected chi connectivity index (χ4v) is 5.56. The summed E-state index contributed by atoms with van der Waals surface area (Å²) < 4.78 is 32.0. The van der Waals surface area contributed by atoms with Crippen molar-refractivity contribution in [1.29, 1.82) is 0 Å². The standard InChI is InChI=1S/C21H32N4O4S/c1-22-21(24-14-10-18(11-15-24)20(26)29-2)23-16-17-6-8-19(9-7-17)30(27,28)25-12-4-3-5-13-25/h6-9,18H,3-5,10-16H2,1-2H3,(H,22,23). The first-order valence-electron chi connectivity index (χ1n) is 10.6. The maximum absolute atomic E-state index is 12.8. The summed E-state index contributed by atoms with van der Waals surface area (Å²) in [5, 5.41) is 3.33. The average molecular weight is 437 g/mol. The van der Waals surface area contributed by atoms with Crippen molar-refractivity contribution in [2.24, 2.45) is 10.9 Å². The van der Waals surface area contributed by atoms with E-state index in [4.69, 9.17) is 4.74 Å². The van der Waals surface area contributed by atoms with E-state index in [1.54, 1.807) is 23.5 Å². The smallest absolute Gasteiger partial charge is 0.308 e. The van der Waals surface area contributed by atoms with E-state index in [1.807, 2.05) is 12.1 Å². The number of sulfonamides is 1. The van der Waals surface area contributed by atoms with Gasteiger partial charge in [0, 0.05) is 39.8 Å². The molecular formula is C21H32N4O4S. The van der Waals surface area contributed by atoms with Gasteiger partial charge in [0.1, 0.15) is 0 Å². The molecule has 166 valence electrons. The number of piperidine rings is 2. The second-order valence-corrected chi connectivity index (χ2v) is 9.73. The molecule has 1 aromatic rings. The van der Waals surface area contributed by atoms with E-state index in [0.717, 1.165) is 56.7 Å². The number of nitrogens with zero attached hydrogens (tertiary/aromatic N) is 3. The summed E-state index contributed by atoms with van der Waals surface area (Å²) >= 11 is 0. The van der Waals surface area contributed by atoms with E-state index in [-0.39, 0.29) is 11.9 Å². The molecule has 2 aliphatic heterocycles. The number of benzene rings is 1. The topological polar surface area (TPSA) is 91.3 Å². The number of carbonyl (C=O) groups is 1. The molecule has 0 atom stereocenters. The summed E-state index contributed by atoms with van der Waals surface area (Å²) in [7, 11) is -0.235. The van der Waals surface area contributed by atoms with Crippen molar-refractivity contribution in [1.82, 2.24) is 14.5 Å². The molecule has 0 unspecified atom stereocenters. The molecule has 8 nitrogen and oxygen atoms in total. The molecule has 2 fully saturated rings. The molecule has 0 saturated carbocycles. The maximum atomic E-state index is 12.8. The Morgan fingerprint density at radius 1 is 1.10 bits per heavy atom. The number of hydrogen-bond acceptors (Lipinski definition) is 5. The van der Waals surface area contributed by atoms with Gasteiger partial charge >= 0.3 is 5.97 Å². The molecule has 3 rings (SSSR count). The largest absolute Gasteiger partial charge is 0.469 e. The Labute approximate surface area is 179 Å². The molecule has 1 N–H and O–H groups in total. The van der Waals surface area contributed by atoms with Gasteiger partial charge in [0.25, 0.3) is 0 Å². The SMILES string of the molecule is CN=C(NCc1ccc(S(=O)(=O)N2CCCCC2)cc1)N1CCC(C(=O)OC)CC1. The van der Waals surface area contributed by atoms with Crippen LogP contribution in [0.2, 0.25) is 0 Å². The number of rotatable bonds is 5. The molecule has 2 aliphatic rings. The van der Waals surface area contributed by atoms with E-state index in [0.29, 0.717) is 24.5 Å². The van der Waals surface area contributed by atoms with Crippen molar-refractivity contribution in [2.45, 2.75) is 43.5 Å². The van der Waals surface area contributed by atoms with E-state index in [2.05, 4.69) is 15.2 Å². The van der Waals surface area contributed by atoms with Crippen LogP contribution in [0, 0.1) is 5.92 Å². The van der Waals surface area contributed by atoms with Gasteiger partial charge < -0.3 is 15.0 Å². The van der Waals surface area contributed by atoms with Gasteiger partial charge in [0.05, 0.1) is 17.9 Å². The summed E-state index contributed by atoms with van der Waals surface area (Å²) in [6.45, 7) is 3.25. The third-order valence-corrected chi connectivity index (χ3v) is 7.78. The van der Waals surface area contributed by atoms with E-state index in [9.17, 15) is 13.2 Å². The monoisotopic (exact) mass is 436 g/mol. The number of nitrogens with one attached hydrogen (secondary N) is 1. The lowest BCUT2D eigenvalue weighted by molar-refractivity contribution is -0.146. The van der Waals surface area contributed by atoms with Crippen LogP contribution >= 0.6 is 0 Å². The lowest BCUT2D eigenvalue weighted by Crippen LogP contribution is -2.46. The molecule has 0 aliphatic carbocycles. The van der Waals surface area contributed by atoms with Crippen molar-refractivity contribution < 1.29 is 17.9 Å². The number of guanidine groups is 1. The molecule has 0 amide bonds. The Balaban J connectivity index is 1.54. The highest BCUT2D eigenvalue weighted by molar-refractivity contribution is 7.89. The van der Waals surface area contributed by atoms with Crippen molar-refractivity contribution in [3.63, 3.8) is 0 Å². The fraction of sp³-hybridized carbons (Fsp3) is 0.619. The molecule has 1 aromatic carbocycles. The van der Waals surface area contributed by atoms with Crippen LogP contribution in [-0.4, -0.2) is 69.9 Å². The third kappa shape index (κ3) is 5.31. The fourth-order valence-electron chi connectivity index (χ4n) is 4.04. The lowest BCUT2D eigenvalue weighted by atomic mass is 9.97. The van der Waals surface area contributed by atoms with Gasteiger partial charge in [-0.3, -0.25) is 9.79 Å². The minimum atomic E-state index is -3.40. The highest BCUT2D eigenvalue weighted by atomic mass is 32.2. The molecule has 2 saturated heterocycles. The van der Waals surface area contributed by atoms with E-state index >= 15 is 0 Å². The highest BCUT2D eigenvalue weighted by Gasteiger charge is 2.27. The van der Waals surface area contributed by atoms with Crippen molar-refractivity contribution in [3.8, 4) is 0 Å². The van der Waals surface area contributed by atoms with Gasteiger partial charge in [-0.2, -0.15) is 4.31 Å². The van der Waals surface area contributed by atoms with Crippen LogP contribution in [-0.2, 0) is 26.1 Å². The Morgan fingerprint density at radius 3 is 2.30 bits per heavy atom. The van der Waals surface area contributed by atoms with Gasteiger partial charge in [-0.05, 0) is 43.4 Å². The molecule has 0 aromatic heterocycles. The lowest BCUT2D eigenvalue weighted by Gasteiger charge is -2.33. The summed E-state index contributed by atoms with van der Waals surface area (Å²) in [6, 6.07) is 7.07. The van der Waals surface area contributed by atoms with Crippen LogP contribution < -0.4 is 5.32 Å². The van der Waals surface area contributed by atoms with Gasteiger partial charge in [0.15, 0.2) is 5.96 Å². The number of methoxy groups -OCH3 is 1. The number of hydrogen-bond donors (Lipinski definition) is 1. The van der Waals surface area contributed by atoms with Gasteiger partial charge in [-0.15, -0.1) is 0 Å². The van der Waals surface area contributed by atoms with Crippen LogP contribution in [0.5, 0.6) is 0 Å². The predicted molar refractivity (Wildman–Crippen MR) is 116 cm³/mol. The summed E-state index contributed by atoms with van der Waals surface area (Å²) in [5.74, 6) is 0.597. The van der Waals surface area contributed by atoms with Crippen molar-refractivity contribution >= 4 is 22.0 Å². The van der Waals surface area contributed by atoms with Gasteiger partial charge in [-0.1, -0.05) is 18.6 Å². The van der Waals surface area contributed by atoms with Crippen molar-refractivity contribution in [3.05, 3.63) is 29.8 Å². The summed E-state index contributed by atoms with van der Waals surface area (Å²) in [6.07, 6.45) is 4.44. The molecular weight excluding hydrogens is 404 g/mol. The zero-order valence-electron chi connectivity index (χ0n) is 17.8. The first-order valence-corrected chi connectivity index (χ1v) is 12.0. The first-order chi connectivity index (χ1) is 14.5. The average Bonchev–Trinajstić information content (AvgIpc) is 2.80. The third-order valence-electron chi connectivity index (χ3n) is 5.87. The minimum absolute atomic E-state index is 0.0428. The van der Waals surface area contributed by atoms with Crippen molar-refractivity contribution in [2.75, 3.05) is 40.3 Å². The highest BCUT2D eigenvalue weighted by Crippen LogP contribution is 2.21. The normalized spacial score (nSPS) is 19.5. The van der Waals surface area contributed by atoms with Gasteiger partial charge in [-0.25, -0.2) is 8.42 Å². The number of esters is 1. The van der Waals surface area contributed by atoms with Crippen LogP contribution in [0.4, 0.5) is 0 Å². The number of aliphatic imine (C=N–C) groups is 1. The van der Waals surface area contributed by atoms with Crippen LogP contribution in [0.15, 0.2) is 34.2 Å². The Hall–Kier alpha value is -2.13. The summed E-state index contributed by atoms with van der Waals surface area (Å²) in [4.78, 5) is 18.5.